The Morgan fingerprint density at radius 1 is 1.17 bits per heavy atom. The summed E-state index contributed by atoms with van der Waals surface area (Å²) < 4.78 is 0. The van der Waals surface area contributed by atoms with E-state index < -0.39 is 24.3 Å². The number of imide groups is 1. The number of hydrogen-bond donors (Lipinski definition) is 1. The number of amides is 3. The van der Waals surface area contributed by atoms with E-state index in [1.54, 1.807) is 6.92 Å². The molecule has 0 bridgehead atoms. The molecule has 3 amide bonds. The maximum Gasteiger partial charge on any atom is 0.352 e. The van der Waals surface area contributed by atoms with Crippen molar-refractivity contribution < 1.29 is 24.0 Å². The molecule has 1 heterocycles. The Hall–Kier alpha value is -2.70. The Morgan fingerprint density at radius 2 is 1.78 bits per heavy atom. The normalized spacial score (nSPS) is 15.4. The van der Waals surface area contributed by atoms with E-state index in [-0.39, 0.29) is 24.7 Å². The van der Waals surface area contributed by atoms with E-state index >= 15 is 0 Å². The number of hydroxylamine groups is 2. The van der Waals surface area contributed by atoms with Gasteiger partial charge in [-0.3, -0.25) is 14.4 Å². The van der Waals surface area contributed by atoms with E-state index in [0.29, 0.717) is 11.5 Å². The van der Waals surface area contributed by atoms with E-state index in [0.717, 1.165) is 5.56 Å². The maximum atomic E-state index is 12.0. The molecule has 1 aromatic rings. The van der Waals surface area contributed by atoms with Crippen molar-refractivity contribution in [1.82, 2.24) is 10.4 Å². The number of nitrogens with zero attached hydrogens (tertiary/aromatic N) is 1. The second-order valence-corrected chi connectivity index (χ2v) is 5.35. The summed E-state index contributed by atoms with van der Waals surface area (Å²) in [4.78, 5) is 50.8. The third-order valence-electron chi connectivity index (χ3n) is 3.44. The molecule has 1 saturated heterocycles. The minimum atomic E-state index is -0.853. The molecule has 0 radical (unpaired) electrons. The Labute approximate surface area is 133 Å². The van der Waals surface area contributed by atoms with Crippen molar-refractivity contribution in [1.29, 1.82) is 0 Å². The quantitative estimate of drug-likeness (QED) is 0.775. The topological polar surface area (TPSA) is 92.8 Å². The van der Waals surface area contributed by atoms with Crippen LogP contribution in [0.5, 0.6) is 0 Å². The van der Waals surface area contributed by atoms with Crippen LogP contribution in [0.1, 0.15) is 25.3 Å². The van der Waals surface area contributed by atoms with Crippen LogP contribution >= 0.6 is 0 Å². The van der Waals surface area contributed by atoms with Gasteiger partial charge in [0.2, 0.25) is 5.91 Å². The molecule has 1 aliphatic rings. The zero-order chi connectivity index (χ0) is 16.8. The molecule has 1 N–H and O–H groups in total. The van der Waals surface area contributed by atoms with Gasteiger partial charge in [-0.25, -0.2) is 4.79 Å². The molecular weight excluding hydrogens is 300 g/mol. The molecule has 7 heteroatoms. The molecule has 1 aromatic carbocycles. The molecule has 23 heavy (non-hydrogen) atoms. The van der Waals surface area contributed by atoms with Gasteiger partial charge in [0.15, 0.2) is 0 Å². The van der Waals surface area contributed by atoms with E-state index in [1.807, 2.05) is 30.3 Å². The van der Waals surface area contributed by atoms with Gasteiger partial charge in [-0.2, -0.15) is 0 Å². The number of rotatable bonds is 6. The van der Waals surface area contributed by atoms with Crippen LogP contribution in [0.15, 0.2) is 30.3 Å². The summed E-state index contributed by atoms with van der Waals surface area (Å²) in [7, 11) is 0. The summed E-state index contributed by atoms with van der Waals surface area (Å²) in [5.74, 6) is -2.57. The molecule has 0 unspecified atom stereocenters. The molecule has 0 aromatic heterocycles. The van der Waals surface area contributed by atoms with Crippen LogP contribution in [0.2, 0.25) is 0 Å². The Kier molecular flexibility index (Phi) is 5.46. The van der Waals surface area contributed by atoms with Crippen LogP contribution in [0, 0.1) is 5.92 Å². The summed E-state index contributed by atoms with van der Waals surface area (Å²) in [6.45, 7) is 1.36. The summed E-state index contributed by atoms with van der Waals surface area (Å²) in [6, 6.07) is 9.51. The largest absolute Gasteiger partial charge is 0.352 e. The van der Waals surface area contributed by atoms with E-state index in [9.17, 15) is 19.2 Å². The van der Waals surface area contributed by atoms with Gasteiger partial charge in [0.1, 0.15) is 6.54 Å². The summed E-state index contributed by atoms with van der Waals surface area (Å²) in [6.07, 6.45) is 0.615. The van der Waals surface area contributed by atoms with Crippen LogP contribution in [0.25, 0.3) is 0 Å². The van der Waals surface area contributed by atoms with Gasteiger partial charge in [-0.15, -0.1) is 5.06 Å². The van der Waals surface area contributed by atoms with E-state index in [4.69, 9.17) is 0 Å². The Balaban J connectivity index is 1.76. The Bertz CT molecular complexity index is 598. The van der Waals surface area contributed by atoms with Crippen LogP contribution < -0.4 is 5.32 Å². The lowest BCUT2D eigenvalue weighted by atomic mass is 10.0. The molecule has 1 fully saturated rings. The minimum Gasteiger partial charge on any atom is -0.345 e. The first-order chi connectivity index (χ1) is 11.0. The van der Waals surface area contributed by atoms with Crippen molar-refractivity contribution in [2.24, 2.45) is 5.92 Å². The monoisotopic (exact) mass is 318 g/mol. The third-order valence-corrected chi connectivity index (χ3v) is 3.44. The van der Waals surface area contributed by atoms with Crippen molar-refractivity contribution >= 4 is 23.7 Å². The average molecular weight is 318 g/mol. The molecule has 0 aliphatic carbocycles. The van der Waals surface area contributed by atoms with Gasteiger partial charge < -0.3 is 10.2 Å². The fourth-order valence-electron chi connectivity index (χ4n) is 2.19. The van der Waals surface area contributed by atoms with Crippen LogP contribution in [-0.4, -0.2) is 35.3 Å². The van der Waals surface area contributed by atoms with Crippen molar-refractivity contribution in [2.45, 2.75) is 26.2 Å². The van der Waals surface area contributed by atoms with Crippen LogP contribution in [0.4, 0.5) is 0 Å². The van der Waals surface area contributed by atoms with Gasteiger partial charge in [0.25, 0.3) is 11.8 Å². The zero-order valence-electron chi connectivity index (χ0n) is 12.8. The summed E-state index contributed by atoms with van der Waals surface area (Å²) in [5.41, 5.74) is 1.02. The first-order valence-corrected chi connectivity index (χ1v) is 7.35. The summed E-state index contributed by atoms with van der Waals surface area (Å²) >= 11 is 0. The lowest BCUT2D eigenvalue weighted by Gasteiger charge is -2.14. The predicted octanol–water partition coefficient (Wildman–Crippen LogP) is 0.589. The van der Waals surface area contributed by atoms with Crippen molar-refractivity contribution in [3.05, 3.63) is 35.9 Å². The first kappa shape index (κ1) is 16.7. The third kappa shape index (κ3) is 4.64. The maximum absolute atomic E-state index is 12.0. The standard InChI is InChI=1S/C16H18N2O5/c1-11(9-12-5-3-2-4-6-12)16(22)17-10-15(21)23-18-13(19)7-8-14(18)20/h2-6,11H,7-10H2,1H3,(H,17,22)/t11-/m0/s1. The molecular formula is C16H18N2O5. The van der Waals surface area contributed by atoms with Gasteiger partial charge in [0, 0.05) is 18.8 Å². The predicted molar refractivity (Wildman–Crippen MR) is 79.5 cm³/mol. The molecule has 1 atom stereocenters. The molecule has 0 spiro atoms. The van der Waals surface area contributed by atoms with E-state index in [2.05, 4.69) is 10.2 Å². The molecule has 7 nitrogen and oxygen atoms in total. The lowest BCUT2D eigenvalue weighted by Crippen LogP contribution is -2.39. The van der Waals surface area contributed by atoms with Crippen molar-refractivity contribution in [3.63, 3.8) is 0 Å². The van der Waals surface area contributed by atoms with Crippen LogP contribution in [0.3, 0.4) is 0 Å². The minimum absolute atomic E-state index is 0.0343. The van der Waals surface area contributed by atoms with Crippen LogP contribution in [-0.2, 0) is 30.4 Å². The number of carbonyl (C=O) groups excluding carboxylic acids is 4. The SMILES string of the molecule is C[C@@H](Cc1ccccc1)C(=O)NCC(=O)ON1C(=O)CCC1=O. The molecule has 1 aliphatic heterocycles. The number of benzene rings is 1. The highest BCUT2D eigenvalue weighted by atomic mass is 16.7. The van der Waals surface area contributed by atoms with Crippen molar-refractivity contribution in [3.8, 4) is 0 Å². The van der Waals surface area contributed by atoms with Gasteiger partial charge >= 0.3 is 5.97 Å². The fourth-order valence-corrected chi connectivity index (χ4v) is 2.19. The lowest BCUT2D eigenvalue weighted by molar-refractivity contribution is -0.196. The highest BCUT2D eigenvalue weighted by molar-refractivity contribution is 6.01. The van der Waals surface area contributed by atoms with Crippen molar-refractivity contribution in [2.75, 3.05) is 6.54 Å². The molecule has 0 saturated carbocycles. The second kappa shape index (κ2) is 7.53. The first-order valence-electron chi connectivity index (χ1n) is 7.35. The second-order valence-electron chi connectivity index (χ2n) is 5.35. The number of carbonyl (C=O) groups is 4. The van der Waals surface area contributed by atoms with Gasteiger partial charge in [0.05, 0.1) is 0 Å². The van der Waals surface area contributed by atoms with E-state index in [1.165, 1.54) is 0 Å². The molecule has 2 rings (SSSR count). The number of hydrogen-bond acceptors (Lipinski definition) is 5. The average Bonchev–Trinajstić information content (AvgIpc) is 2.85. The molecule has 122 valence electrons. The highest BCUT2D eigenvalue weighted by Crippen LogP contribution is 2.12. The fraction of sp³-hybridized carbons (Fsp3) is 0.375. The van der Waals surface area contributed by atoms with Gasteiger partial charge in [-0.05, 0) is 12.0 Å². The highest BCUT2D eigenvalue weighted by Gasteiger charge is 2.32. The summed E-state index contributed by atoms with van der Waals surface area (Å²) in [5, 5.41) is 2.90. The smallest absolute Gasteiger partial charge is 0.345 e. The number of nitrogens with one attached hydrogen (secondary N) is 1. The van der Waals surface area contributed by atoms with Gasteiger partial charge in [-0.1, -0.05) is 37.3 Å². The zero-order valence-corrected chi connectivity index (χ0v) is 12.8. The Morgan fingerprint density at radius 3 is 2.39 bits per heavy atom.